The first kappa shape index (κ1) is 16.6. The standard InChI is InChI=1S/C19H27NO2/c1-5-19(3,4)15-7-9-17(21)14(11-15)12-20-16-10-13(2)6-8-18(16)22/h6,8,10,12,15,20,22H,5,7,9,11H2,1-4H3/b14-12+/t15-/m1/s1. The van der Waals surface area contributed by atoms with Crippen molar-refractivity contribution < 1.29 is 9.90 Å². The molecule has 0 amide bonds. The SMILES string of the molecule is CCC(C)(C)[C@@H]1CCC(=O)/C(=C/Nc2cc(C)ccc2O)C1. The Bertz CT molecular complexity index is 587. The number of ketones is 1. The van der Waals surface area contributed by atoms with Gasteiger partial charge in [0, 0.05) is 18.2 Å². The molecule has 3 nitrogen and oxygen atoms in total. The number of hydrogen-bond donors (Lipinski definition) is 2. The van der Waals surface area contributed by atoms with E-state index >= 15 is 0 Å². The van der Waals surface area contributed by atoms with E-state index in [0.29, 0.717) is 18.0 Å². The Morgan fingerprint density at radius 2 is 2.14 bits per heavy atom. The first-order chi connectivity index (χ1) is 10.3. The topological polar surface area (TPSA) is 49.3 Å². The smallest absolute Gasteiger partial charge is 0.160 e. The highest BCUT2D eigenvalue weighted by Crippen LogP contribution is 2.41. The predicted molar refractivity (Wildman–Crippen MR) is 91.0 cm³/mol. The number of Topliss-reactive ketones (excluding diaryl/α,β-unsaturated/α-hetero) is 1. The average Bonchev–Trinajstić information content (AvgIpc) is 2.49. The number of allylic oxidation sites excluding steroid dienone is 1. The monoisotopic (exact) mass is 301 g/mol. The molecule has 0 saturated heterocycles. The summed E-state index contributed by atoms with van der Waals surface area (Å²) in [5, 5.41) is 13.0. The lowest BCUT2D eigenvalue weighted by atomic mass is 9.68. The number of aromatic hydroxyl groups is 1. The fraction of sp³-hybridized carbons (Fsp3) is 0.526. The number of rotatable bonds is 4. The van der Waals surface area contributed by atoms with Gasteiger partial charge in [0.15, 0.2) is 5.78 Å². The van der Waals surface area contributed by atoms with Crippen molar-refractivity contribution in [3.05, 3.63) is 35.5 Å². The second-order valence-electron chi connectivity index (χ2n) is 7.04. The van der Waals surface area contributed by atoms with E-state index in [1.54, 1.807) is 12.3 Å². The number of nitrogens with one attached hydrogen (secondary N) is 1. The Morgan fingerprint density at radius 3 is 2.82 bits per heavy atom. The fourth-order valence-electron chi connectivity index (χ4n) is 2.97. The van der Waals surface area contributed by atoms with Crippen LogP contribution in [-0.4, -0.2) is 10.9 Å². The number of hydrogen-bond acceptors (Lipinski definition) is 3. The number of benzene rings is 1. The molecule has 1 saturated carbocycles. The molecular weight excluding hydrogens is 274 g/mol. The first-order valence-corrected chi connectivity index (χ1v) is 8.12. The zero-order chi connectivity index (χ0) is 16.3. The molecule has 1 aliphatic rings. The third kappa shape index (κ3) is 3.70. The predicted octanol–water partition coefficient (Wildman–Crippen LogP) is 4.80. The summed E-state index contributed by atoms with van der Waals surface area (Å²) in [5.74, 6) is 0.966. The highest BCUT2D eigenvalue weighted by Gasteiger charge is 2.33. The zero-order valence-corrected chi connectivity index (χ0v) is 14.1. The van der Waals surface area contributed by atoms with E-state index in [9.17, 15) is 9.90 Å². The van der Waals surface area contributed by atoms with Crippen molar-refractivity contribution in [2.75, 3.05) is 5.32 Å². The van der Waals surface area contributed by atoms with E-state index in [-0.39, 0.29) is 16.9 Å². The first-order valence-electron chi connectivity index (χ1n) is 8.12. The van der Waals surface area contributed by atoms with E-state index in [0.717, 1.165) is 30.4 Å². The van der Waals surface area contributed by atoms with Crippen molar-refractivity contribution in [3.8, 4) is 5.75 Å². The maximum Gasteiger partial charge on any atom is 0.160 e. The van der Waals surface area contributed by atoms with Crippen LogP contribution < -0.4 is 5.32 Å². The summed E-state index contributed by atoms with van der Waals surface area (Å²) in [4.78, 5) is 12.2. The van der Waals surface area contributed by atoms with Gasteiger partial charge in [0.1, 0.15) is 5.75 Å². The van der Waals surface area contributed by atoms with Crippen LogP contribution in [0, 0.1) is 18.3 Å². The van der Waals surface area contributed by atoms with Crippen LogP contribution in [0.25, 0.3) is 0 Å². The molecule has 1 fully saturated rings. The third-order valence-electron chi connectivity index (χ3n) is 5.11. The number of aryl methyl sites for hydroxylation is 1. The molecule has 22 heavy (non-hydrogen) atoms. The van der Waals surface area contributed by atoms with E-state index < -0.39 is 0 Å². The van der Waals surface area contributed by atoms with Crippen LogP contribution in [0.4, 0.5) is 5.69 Å². The molecule has 2 rings (SSSR count). The molecule has 0 heterocycles. The normalized spacial score (nSPS) is 21.2. The highest BCUT2D eigenvalue weighted by atomic mass is 16.3. The highest BCUT2D eigenvalue weighted by molar-refractivity contribution is 5.96. The molecule has 0 unspecified atom stereocenters. The van der Waals surface area contributed by atoms with Crippen molar-refractivity contribution in [1.82, 2.24) is 0 Å². The van der Waals surface area contributed by atoms with Crippen LogP contribution in [0.2, 0.25) is 0 Å². The van der Waals surface area contributed by atoms with Gasteiger partial charge in [-0.25, -0.2) is 0 Å². The average molecular weight is 301 g/mol. The molecule has 120 valence electrons. The zero-order valence-electron chi connectivity index (χ0n) is 14.1. The Labute approximate surface area is 133 Å². The summed E-state index contributed by atoms with van der Waals surface area (Å²) >= 11 is 0. The number of carbonyl (C=O) groups is 1. The second-order valence-corrected chi connectivity index (χ2v) is 7.04. The molecule has 2 N–H and O–H groups in total. The number of phenols is 1. The van der Waals surface area contributed by atoms with Crippen LogP contribution in [0.1, 0.15) is 52.0 Å². The maximum atomic E-state index is 12.2. The van der Waals surface area contributed by atoms with Gasteiger partial charge < -0.3 is 10.4 Å². The van der Waals surface area contributed by atoms with E-state index in [1.807, 2.05) is 19.1 Å². The molecule has 1 aromatic rings. The molecule has 1 aliphatic carbocycles. The van der Waals surface area contributed by atoms with Crippen molar-refractivity contribution in [1.29, 1.82) is 0 Å². The Morgan fingerprint density at radius 1 is 1.41 bits per heavy atom. The minimum Gasteiger partial charge on any atom is -0.506 e. The Hall–Kier alpha value is -1.77. The van der Waals surface area contributed by atoms with Gasteiger partial charge in [-0.2, -0.15) is 0 Å². The largest absolute Gasteiger partial charge is 0.506 e. The molecule has 0 radical (unpaired) electrons. The van der Waals surface area contributed by atoms with Crippen LogP contribution in [0.15, 0.2) is 30.0 Å². The van der Waals surface area contributed by atoms with Gasteiger partial charge in [-0.3, -0.25) is 4.79 Å². The van der Waals surface area contributed by atoms with E-state index in [1.165, 1.54) is 0 Å². The minimum absolute atomic E-state index is 0.205. The minimum atomic E-state index is 0.205. The summed E-state index contributed by atoms with van der Waals surface area (Å²) in [5.41, 5.74) is 2.82. The van der Waals surface area contributed by atoms with E-state index in [4.69, 9.17) is 0 Å². The van der Waals surface area contributed by atoms with Gasteiger partial charge in [-0.15, -0.1) is 0 Å². The maximum absolute atomic E-state index is 12.2. The fourth-order valence-corrected chi connectivity index (χ4v) is 2.97. The lowest BCUT2D eigenvalue weighted by molar-refractivity contribution is -0.117. The summed E-state index contributed by atoms with van der Waals surface area (Å²) < 4.78 is 0. The molecular formula is C19H27NO2. The molecule has 1 atom stereocenters. The summed E-state index contributed by atoms with van der Waals surface area (Å²) in [6.45, 7) is 8.75. The van der Waals surface area contributed by atoms with Crippen molar-refractivity contribution in [2.45, 2.75) is 53.4 Å². The van der Waals surface area contributed by atoms with Crippen LogP contribution in [-0.2, 0) is 4.79 Å². The molecule has 0 aromatic heterocycles. The number of phenolic OH excluding ortho intramolecular Hbond substituents is 1. The van der Waals surface area contributed by atoms with E-state index in [2.05, 4.69) is 26.1 Å². The Balaban J connectivity index is 2.15. The molecule has 0 spiro atoms. The van der Waals surface area contributed by atoms with Crippen molar-refractivity contribution in [2.24, 2.45) is 11.3 Å². The summed E-state index contributed by atoms with van der Waals surface area (Å²) in [6, 6.07) is 5.41. The summed E-state index contributed by atoms with van der Waals surface area (Å²) in [6.07, 6.45) is 5.33. The van der Waals surface area contributed by atoms with Gasteiger partial charge in [-0.05, 0) is 48.8 Å². The van der Waals surface area contributed by atoms with Gasteiger partial charge in [0.25, 0.3) is 0 Å². The summed E-state index contributed by atoms with van der Waals surface area (Å²) in [7, 11) is 0. The molecule has 1 aromatic carbocycles. The lowest BCUT2D eigenvalue weighted by Crippen LogP contribution is -2.29. The molecule has 3 heteroatoms. The second kappa shape index (κ2) is 6.55. The third-order valence-corrected chi connectivity index (χ3v) is 5.11. The molecule has 0 aliphatic heterocycles. The van der Waals surface area contributed by atoms with Crippen molar-refractivity contribution >= 4 is 11.5 Å². The van der Waals surface area contributed by atoms with Gasteiger partial charge in [-0.1, -0.05) is 33.3 Å². The van der Waals surface area contributed by atoms with Gasteiger partial charge >= 0.3 is 0 Å². The molecule has 0 bridgehead atoms. The van der Waals surface area contributed by atoms with Gasteiger partial charge in [0.2, 0.25) is 0 Å². The van der Waals surface area contributed by atoms with Crippen LogP contribution in [0.5, 0.6) is 5.75 Å². The number of carbonyl (C=O) groups excluding carboxylic acids is 1. The van der Waals surface area contributed by atoms with Crippen LogP contribution in [0.3, 0.4) is 0 Å². The van der Waals surface area contributed by atoms with Crippen molar-refractivity contribution in [3.63, 3.8) is 0 Å². The van der Waals surface area contributed by atoms with Crippen LogP contribution >= 0.6 is 0 Å². The lowest BCUT2D eigenvalue weighted by Gasteiger charge is -2.36. The number of anilines is 1. The van der Waals surface area contributed by atoms with Gasteiger partial charge in [0.05, 0.1) is 5.69 Å². The quantitative estimate of drug-likeness (QED) is 0.620. The Kier molecular flexibility index (Phi) is 4.94.